The van der Waals surface area contributed by atoms with Gasteiger partial charge in [-0.15, -0.1) is 0 Å². The molecule has 28 heavy (non-hydrogen) atoms. The van der Waals surface area contributed by atoms with Crippen LogP contribution in [0.2, 0.25) is 0 Å². The van der Waals surface area contributed by atoms with Crippen molar-refractivity contribution in [1.82, 2.24) is 4.90 Å². The topological polar surface area (TPSA) is 92.9 Å². The van der Waals surface area contributed by atoms with Gasteiger partial charge < -0.3 is 20.5 Å². The monoisotopic (exact) mass is 390 g/mol. The number of nitrogens with zero attached hydrogens (tertiary/aromatic N) is 1. The lowest BCUT2D eigenvalue weighted by Crippen LogP contribution is -2.55. The predicted octanol–water partition coefficient (Wildman–Crippen LogP) is 2.86. The van der Waals surface area contributed by atoms with Crippen molar-refractivity contribution in [2.45, 2.75) is 19.1 Å². The third kappa shape index (κ3) is 3.20. The highest BCUT2D eigenvalue weighted by Gasteiger charge is 2.61. The zero-order valence-corrected chi connectivity index (χ0v) is 15.2. The van der Waals surface area contributed by atoms with Gasteiger partial charge in [0.15, 0.2) is 0 Å². The van der Waals surface area contributed by atoms with E-state index < -0.39 is 46.8 Å². The summed E-state index contributed by atoms with van der Waals surface area (Å²) in [6.07, 6.45) is -0.805. The number of carboxylic acid groups (broad SMARTS) is 1. The summed E-state index contributed by atoms with van der Waals surface area (Å²) in [5.41, 5.74) is 2.69. The van der Waals surface area contributed by atoms with E-state index in [1.165, 1.54) is 6.92 Å². The van der Waals surface area contributed by atoms with E-state index in [1.54, 1.807) is 24.3 Å². The third-order valence-electron chi connectivity index (χ3n) is 5.28. The van der Waals surface area contributed by atoms with Crippen LogP contribution in [0.4, 0.5) is 13.6 Å². The summed E-state index contributed by atoms with van der Waals surface area (Å²) in [6.45, 7) is 0.499. The van der Waals surface area contributed by atoms with Crippen LogP contribution >= 0.6 is 0 Å². The number of benzene rings is 2. The third-order valence-corrected chi connectivity index (χ3v) is 5.28. The van der Waals surface area contributed by atoms with Crippen LogP contribution < -0.4 is 5.73 Å². The molecule has 0 bridgehead atoms. The average Bonchev–Trinajstić information content (AvgIpc) is 2.93. The Bertz CT molecular complexity index is 888. The minimum Gasteiger partial charge on any atom is -0.481 e. The van der Waals surface area contributed by atoms with Crippen LogP contribution in [0, 0.1) is 17.0 Å². The Morgan fingerprint density at radius 2 is 1.71 bits per heavy atom. The summed E-state index contributed by atoms with van der Waals surface area (Å²) in [4.78, 5) is 25.5. The molecule has 0 radical (unpaired) electrons. The number of carboxylic acids is 1. The van der Waals surface area contributed by atoms with Gasteiger partial charge in [-0.2, -0.15) is 0 Å². The quantitative estimate of drug-likeness (QED) is 0.838. The molecule has 2 aromatic carbocycles. The lowest BCUT2D eigenvalue weighted by molar-refractivity contribution is -0.150. The number of amides is 1. The van der Waals surface area contributed by atoms with E-state index in [0.717, 1.165) is 28.7 Å². The maximum absolute atomic E-state index is 14.4. The molecule has 6 nitrogen and oxygen atoms in total. The van der Waals surface area contributed by atoms with Crippen molar-refractivity contribution >= 4 is 12.1 Å². The number of likely N-dealkylation sites (tertiary alicyclic amines) is 1. The molecule has 0 aromatic heterocycles. The van der Waals surface area contributed by atoms with Gasteiger partial charge in [0.2, 0.25) is 0 Å². The highest BCUT2D eigenvalue weighted by atomic mass is 19.1. The van der Waals surface area contributed by atoms with Crippen LogP contribution in [-0.4, -0.2) is 35.2 Å². The Morgan fingerprint density at radius 1 is 1.11 bits per heavy atom. The summed E-state index contributed by atoms with van der Waals surface area (Å²) < 4.78 is 34.0. The standard InChI is InChI=1S/C20H20F2N2O4/c1-19(17(25)26)11-24(18(27)28-10-13-6-3-2-4-7-13)12-20(19,23)16-14(21)8-5-9-15(16)22/h2-9H,10-12,23H2,1H3,(H,25,26). The summed E-state index contributed by atoms with van der Waals surface area (Å²) in [6, 6.07) is 12.1. The largest absolute Gasteiger partial charge is 0.481 e. The molecule has 1 heterocycles. The van der Waals surface area contributed by atoms with E-state index in [4.69, 9.17) is 10.5 Å². The zero-order chi connectivity index (χ0) is 20.5. The van der Waals surface area contributed by atoms with Crippen LogP contribution in [0.5, 0.6) is 0 Å². The Balaban J connectivity index is 1.89. The minimum absolute atomic E-state index is 0.0222. The molecule has 0 spiro atoms. The van der Waals surface area contributed by atoms with Gasteiger partial charge in [0.25, 0.3) is 0 Å². The van der Waals surface area contributed by atoms with Crippen LogP contribution in [-0.2, 0) is 21.7 Å². The fourth-order valence-corrected chi connectivity index (χ4v) is 3.53. The molecule has 2 atom stereocenters. The van der Waals surface area contributed by atoms with Crippen LogP contribution in [0.1, 0.15) is 18.1 Å². The van der Waals surface area contributed by atoms with Crippen LogP contribution in [0.15, 0.2) is 48.5 Å². The molecule has 8 heteroatoms. The number of ether oxygens (including phenoxy) is 1. The van der Waals surface area contributed by atoms with E-state index in [2.05, 4.69) is 0 Å². The van der Waals surface area contributed by atoms with E-state index in [9.17, 15) is 23.5 Å². The van der Waals surface area contributed by atoms with Gasteiger partial charge >= 0.3 is 12.1 Å². The maximum Gasteiger partial charge on any atom is 0.410 e. The average molecular weight is 390 g/mol. The molecule has 2 aromatic rings. The number of nitrogens with two attached hydrogens (primary N) is 1. The van der Waals surface area contributed by atoms with Crippen molar-refractivity contribution in [3.8, 4) is 0 Å². The molecule has 1 saturated heterocycles. The minimum atomic E-state index is -1.97. The van der Waals surface area contributed by atoms with Crippen molar-refractivity contribution in [2.24, 2.45) is 11.1 Å². The Hall–Kier alpha value is -3.00. The number of aliphatic carboxylic acids is 1. The lowest BCUT2D eigenvalue weighted by atomic mass is 9.69. The van der Waals surface area contributed by atoms with Crippen molar-refractivity contribution < 1.29 is 28.2 Å². The summed E-state index contributed by atoms with van der Waals surface area (Å²) in [7, 11) is 0. The summed E-state index contributed by atoms with van der Waals surface area (Å²) in [5, 5.41) is 9.76. The maximum atomic E-state index is 14.4. The number of hydrogen-bond donors (Lipinski definition) is 2. The fourth-order valence-electron chi connectivity index (χ4n) is 3.53. The SMILES string of the molecule is CC1(C(=O)O)CN(C(=O)OCc2ccccc2)CC1(N)c1c(F)cccc1F. The molecule has 148 valence electrons. The molecule has 3 rings (SSSR count). The number of hydrogen-bond acceptors (Lipinski definition) is 4. The molecular weight excluding hydrogens is 370 g/mol. The number of rotatable bonds is 4. The van der Waals surface area contributed by atoms with Gasteiger partial charge in [-0.05, 0) is 24.6 Å². The van der Waals surface area contributed by atoms with Gasteiger partial charge in [0.1, 0.15) is 23.7 Å². The van der Waals surface area contributed by atoms with Gasteiger partial charge in [0.05, 0.1) is 5.54 Å². The normalized spacial score (nSPS) is 24.2. The first-order valence-electron chi connectivity index (χ1n) is 8.61. The molecular formula is C20H20F2N2O4. The number of carbonyl (C=O) groups excluding carboxylic acids is 1. The second-order valence-corrected chi connectivity index (χ2v) is 7.10. The van der Waals surface area contributed by atoms with Crippen LogP contribution in [0.3, 0.4) is 0 Å². The van der Waals surface area contributed by atoms with E-state index in [0.29, 0.717) is 0 Å². The van der Waals surface area contributed by atoms with Gasteiger partial charge in [-0.3, -0.25) is 4.79 Å². The highest BCUT2D eigenvalue weighted by Crippen LogP contribution is 2.46. The van der Waals surface area contributed by atoms with Crippen molar-refractivity contribution in [2.75, 3.05) is 13.1 Å². The summed E-state index contributed by atoms with van der Waals surface area (Å²) >= 11 is 0. The first kappa shape index (κ1) is 19.8. The van der Waals surface area contributed by atoms with E-state index >= 15 is 0 Å². The first-order chi connectivity index (χ1) is 13.2. The van der Waals surface area contributed by atoms with E-state index in [1.807, 2.05) is 6.07 Å². The molecule has 1 aliphatic rings. The Labute approximate surface area is 160 Å². The molecule has 1 fully saturated rings. The zero-order valence-electron chi connectivity index (χ0n) is 15.2. The Morgan fingerprint density at radius 3 is 2.29 bits per heavy atom. The molecule has 3 N–H and O–H groups in total. The number of halogens is 2. The second kappa shape index (κ2) is 7.20. The highest BCUT2D eigenvalue weighted by molar-refractivity contribution is 5.80. The van der Waals surface area contributed by atoms with Crippen molar-refractivity contribution in [1.29, 1.82) is 0 Å². The molecule has 1 amide bonds. The molecule has 1 aliphatic heterocycles. The lowest BCUT2D eigenvalue weighted by Gasteiger charge is -2.36. The fraction of sp³-hybridized carbons (Fsp3) is 0.300. The molecule has 0 saturated carbocycles. The van der Waals surface area contributed by atoms with Crippen LogP contribution in [0.25, 0.3) is 0 Å². The first-order valence-corrected chi connectivity index (χ1v) is 8.61. The molecule has 2 unspecified atom stereocenters. The van der Waals surface area contributed by atoms with E-state index in [-0.39, 0.29) is 13.2 Å². The van der Waals surface area contributed by atoms with Crippen molar-refractivity contribution in [3.05, 3.63) is 71.3 Å². The summed E-state index contributed by atoms with van der Waals surface area (Å²) in [5.74, 6) is -3.29. The van der Waals surface area contributed by atoms with Gasteiger partial charge in [-0.25, -0.2) is 13.6 Å². The Kier molecular flexibility index (Phi) is 5.08. The number of carbonyl (C=O) groups is 2. The molecule has 0 aliphatic carbocycles. The van der Waals surface area contributed by atoms with Gasteiger partial charge in [-0.1, -0.05) is 36.4 Å². The smallest absolute Gasteiger partial charge is 0.410 e. The van der Waals surface area contributed by atoms with Crippen molar-refractivity contribution in [3.63, 3.8) is 0 Å². The van der Waals surface area contributed by atoms with Gasteiger partial charge in [0, 0.05) is 18.7 Å². The predicted molar refractivity (Wildman–Crippen MR) is 96.2 cm³/mol. The second-order valence-electron chi connectivity index (χ2n) is 7.10.